The molecule has 1 heterocycles. The third kappa shape index (κ3) is 3.81. The van der Waals surface area contributed by atoms with Crippen LogP contribution in [0.1, 0.15) is 24.5 Å². The van der Waals surface area contributed by atoms with Crippen molar-refractivity contribution in [3.63, 3.8) is 0 Å². The molecule has 1 saturated heterocycles. The van der Waals surface area contributed by atoms with E-state index in [4.69, 9.17) is 4.84 Å². The Morgan fingerprint density at radius 2 is 1.62 bits per heavy atom. The lowest BCUT2D eigenvalue weighted by Crippen LogP contribution is -2.55. The van der Waals surface area contributed by atoms with Gasteiger partial charge in [-0.3, -0.25) is 19.2 Å². The summed E-state index contributed by atoms with van der Waals surface area (Å²) in [5.41, 5.74) is 0.376. The third-order valence-corrected chi connectivity index (χ3v) is 4.24. The number of nitrogens with zero attached hydrogens (tertiary/aromatic N) is 1. The van der Waals surface area contributed by atoms with Crippen molar-refractivity contribution >= 4 is 17.7 Å². The quantitative estimate of drug-likeness (QED) is 0.807. The zero-order valence-corrected chi connectivity index (χ0v) is 14.5. The Hall–Kier alpha value is -2.99. The van der Waals surface area contributed by atoms with Gasteiger partial charge in [-0.05, 0) is 11.1 Å². The average molecular weight is 352 g/mol. The summed E-state index contributed by atoms with van der Waals surface area (Å²) in [5.74, 6) is -1.37. The molecule has 1 N–H and O–H groups in total. The van der Waals surface area contributed by atoms with E-state index in [0.29, 0.717) is 0 Å². The molecule has 0 unspecified atom stereocenters. The van der Waals surface area contributed by atoms with Gasteiger partial charge in [0.2, 0.25) is 5.91 Å². The molecular weight excluding hydrogens is 332 g/mol. The molecule has 0 aliphatic carbocycles. The minimum atomic E-state index is -1.32. The van der Waals surface area contributed by atoms with Crippen LogP contribution in [-0.4, -0.2) is 28.3 Å². The molecule has 0 spiro atoms. The van der Waals surface area contributed by atoms with Gasteiger partial charge in [0, 0.05) is 13.3 Å². The van der Waals surface area contributed by atoms with E-state index < -0.39 is 17.4 Å². The molecule has 0 saturated carbocycles. The largest absolute Gasteiger partial charge is 0.341 e. The van der Waals surface area contributed by atoms with Gasteiger partial charge in [0.15, 0.2) is 0 Å². The number of rotatable bonds is 6. The fourth-order valence-electron chi connectivity index (χ4n) is 3.12. The molecule has 26 heavy (non-hydrogen) atoms. The first-order chi connectivity index (χ1) is 12.5. The van der Waals surface area contributed by atoms with Gasteiger partial charge in [0.1, 0.15) is 12.1 Å². The van der Waals surface area contributed by atoms with Crippen LogP contribution >= 0.6 is 0 Å². The van der Waals surface area contributed by atoms with Gasteiger partial charge in [0.05, 0.1) is 6.42 Å². The second kappa shape index (κ2) is 7.49. The number of carbonyl (C=O) groups is 3. The normalized spacial score (nSPS) is 19.7. The summed E-state index contributed by atoms with van der Waals surface area (Å²) in [6, 6.07) is 18.5. The molecule has 1 atom stereocenters. The highest BCUT2D eigenvalue weighted by atomic mass is 16.7. The van der Waals surface area contributed by atoms with Crippen molar-refractivity contribution in [2.24, 2.45) is 0 Å². The molecule has 6 heteroatoms. The highest BCUT2D eigenvalue weighted by Gasteiger charge is 2.53. The van der Waals surface area contributed by atoms with E-state index in [0.717, 1.165) is 16.2 Å². The number of carbonyl (C=O) groups excluding carboxylic acids is 3. The van der Waals surface area contributed by atoms with Crippen LogP contribution in [0, 0.1) is 0 Å². The summed E-state index contributed by atoms with van der Waals surface area (Å²) >= 11 is 0. The number of hydroxylamine groups is 2. The molecule has 3 rings (SSSR count). The van der Waals surface area contributed by atoms with Crippen molar-refractivity contribution in [1.29, 1.82) is 0 Å². The van der Waals surface area contributed by atoms with E-state index >= 15 is 0 Å². The smallest absolute Gasteiger partial charge is 0.280 e. The first-order valence-electron chi connectivity index (χ1n) is 8.37. The van der Waals surface area contributed by atoms with E-state index in [1.807, 2.05) is 60.7 Å². The summed E-state index contributed by atoms with van der Waals surface area (Å²) in [7, 11) is 0. The average Bonchev–Trinajstić information content (AvgIpc) is 2.84. The Morgan fingerprint density at radius 1 is 1.04 bits per heavy atom. The van der Waals surface area contributed by atoms with Crippen LogP contribution < -0.4 is 5.32 Å². The minimum absolute atomic E-state index is 0.0970. The third-order valence-electron chi connectivity index (χ3n) is 4.24. The van der Waals surface area contributed by atoms with Gasteiger partial charge in [0.25, 0.3) is 11.8 Å². The molecule has 134 valence electrons. The van der Waals surface area contributed by atoms with E-state index in [-0.39, 0.29) is 25.4 Å². The fourth-order valence-corrected chi connectivity index (χ4v) is 3.12. The molecule has 2 aromatic rings. The van der Waals surface area contributed by atoms with E-state index in [1.165, 1.54) is 6.92 Å². The summed E-state index contributed by atoms with van der Waals surface area (Å²) < 4.78 is 0. The van der Waals surface area contributed by atoms with Crippen LogP contribution in [0.25, 0.3) is 0 Å². The van der Waals surface area contributed by atoms with Crippen LogP contribution in [0.2, 0.25) is 0 Å². The van der Waals surface area contributed by atoms with Crippen LogP contribution in [0.4, 0.5) is 0 Å². The van der Waals surface area contributed by atoms with Gasteiger partial charge < -0.3 is 5.32 Å². The standard InChI is InChI=1S/C20H20N2O4/c1-15(23)21-20(12-16-8-4-2-5-9-16)13-18(24)22(19(20)25)26-14-17-10-6-3-7-11-17/h2-11H,12-14H2,1H3,(H,21,23)/t20-/m1/s1. The van der Waals surface area contributed by atoms with Crippen molar-refractivity contribution in [2.45, 2.75) is 31.9 Å². The second-order valence-corrected chi connectivity index (χ2v) is 6.35. The maximum absolute atomic E-state index is 13.0. The lowest BCUT2D eigenvalue weighted by atomic mass is 9.89. The van der Waals surface area contributed by atoms with Crippen molar-refractivity contribution < 1.29 is 19.2 Å². The molecule has 1 aliphatic heterocycles. The summed E-state index contributed by atoms with van der Waals surface area (Å²) in [5, 5.41) is 3.46. The van der Waals surface area contributed by atoms with E-state index in [1.54, 1.807) is 0 Å². The Labute approximate surface area is 151 Å². The van der Waals surface area contributed by atoms with Gasteiger partial charge in [-0.1, -0.05) is 60.7 Å². The summed E-state index contributed by atoms with van der Waals surface area (Å²) in [6.07, 6.45) is 0.0955. The number of hydrogen-bond donors (Lipinski definition) is 1. The zero-order chi connectivity index (χ0) is 18.6. The van der Waals surface area contributed by atoms with Crippen molar-refractivity contribution in [2.75, 3.05) is 0 Å². The van der Waals surface area contributed by atoms with Crippen LogP contribution in [-0.2, 0) is 32.2 Å². The Morgan fingerprint density at radius 3 is 2.19 bits per heavy atom. The minimum Gasteiger partial charge on any atom is -0.341 e. The number of benzene rings is 2. The second-order valence-electron chi connectivity index (χ2n) is 6.35. The number of imide groups is 1. The molecule has 1 aliphatic rings. The van der Waals surface area contributed by atoms with Gasteiger partial charge in [-0.25, -0.2) is 0 Å². The Balaban J connectivity index is 1.80. The van der Waals surface area contributed by atoms with Crippen molar-refractivity contribution in [3.05, 3.63) is 71.8 Å². The Bertz CT molecular complexity index is 807. The predicted molar refractivity (Wildman–Crippen MR) is 94.4 cm³/mol. The monoisotopic (exact) mass is 352 g/mol. The molecule has 0 radical (unpaired) electrons. The van der Waals surface area contributed by atoms with Gasteiger partial charge in [-0.15, -0.1) is 0 Å². The lowest BCUT2D eigenvalue weighted by molar-refractivity contribution is -0.193. The summed E-state index contributed by atoms with van der Waals surface area (Å²) in [4.78, 5) is 42.6. The van der Waals surface area contributed by atoms with E-state index in [9.17, 15) is 14.4 Å². The topological polar surface area (TPSA) is 75.7 Å². The first kappa shape index (κ1) is 17.8. The molecule has 3 amide bonds. The molecule has 6 nitrogen and oxygen atoms in total. The number of nitrogens with one attached hydrogen (secondary N) is 1. The molecule has 0 aromatic heterocycles. The van der Waals surface area contributed by atoms with Crippen LogP contribution in [0.15, 0.2) is 60.7 Å². The molecule has 1 fully saturated rings. The molecule has 2 aromatic carbocycles. The first-order valence-corrected chi connectivity index (χ1v) is 8.37. The number of amides is 3. The van der Waals surface area contributed by atoms with E-state index in [2.05, 4.69) is 5.32 Å². The molecular formula is C20H20N2O4. The van der Waals surface area contributed by atoms with Crippen LogP contribution in [0.5, 0.6) is 0 Å². The Kier molecular flexibility index (Phi) is 5.14. The SMILES string of the molecule is CC(=O)N[C@]1(Cc2ccccc2)CC(=O)N(OCc2ccccc2)C1=O. The maximum atomic E-state index is 13.0. The van der Waals surface area contributed by atoms with Gasteiger partial charge >= 0.3 is 0 Å². The van der Waals surface area contributed by atoms with Gasteiger partial charge in [-0.2, -0.15) is 5.06 Å². The van der Waals surface area contributed by atoms with Crippen molar-refractivity contribution in [3.8, 4) is 0 Å². The van der Waals surface area contributed by atoms with Crippen LogP contribution in [0.3, 0.4) is 0 Å². The predicted octanol–water partition coefficient (Wildman–Crippen LogP) is 1.99. The lowest BCUT2D eigenvalue weighted by Gasteiger charge is -2.27. The zero-order valence-electron chi connectivity index (χ0n) is 14.5. The van der Waals surface area contributed by atoms with Crippen molar-refractivity contribution in [1.82, 2.24) is 10.4 Å². The fraction of sp³-hybridized carbons (Fsp3) is 0.250. The summed E-state index contributed by atoms with van der Waals surface area (Å²) in [6.45, 7) is 1.43. The highest BCUT2D eigenvalue weighted by Crippen LogP contribution is 2.29. The maximum Gasteiger partial charge on any atom is 0.280 e. The highest BCUT2D eigenvalue weighted by molar-refractivity contribution is 6.08. The number of hydrogen-bond acceptors (Lipinski definition) is 4. The molecule has 0 bridgehead atoms.